The lowest BCUT2D eigenvalue weighted by Gasteiger charge is -2.27. The van der Waals surface area contributed by atoms with Crippen molar-refractivity contribution in [3.8, 4) is 0 Å². The molecule has 1 heterocycles. The number of halogens is 1. The Kier molecular flexibility index (Phi) is 4.42. The summed E-state index contributed by atoms with van der Waals surface area (Å²) in [5.74, 6) is 0. The van der Waals surface area contributed by atoms with Crippen LogP contribution in [0, 0.1) is 0 Å². The topological polar surface area (TPSA) is 9.23 Å². The quantitative estimate of drug-likeness (QED) is 0.753. The summed E-state index contributed by atoms with van der Waals surface area (Å²) in [6.45, 7) is 3.10. The van der Waals surface area contributed by atoms with Gasteiger partial charge in [0.1, 0.15) is 0 Å². The Balaban J connectivity index is 2.04. The number of rotatable bonds is 3. The number of hydrogen-bond donors (Lipinski definition) is 0. The van der Waals surface area contributed by atoms with Gasteiger partial charge in [0.15, 0.2) is 0 Å². The van der Waals surface area contributed by atoms with Gasteiger partial charge < -0.3 is 4.74 Å². The van der Waals surface area contributed by atoms with Crippen molar-refractivity contribution in [1.82, 2.24) is 0 Å². The smallest absolute Gasteiger partial charge is 0.0740 e. The average molecular weight is 283 g/mol. The number of hydrogen-bond acceptors (Lipinski definition) is 1. The van der Waals surface area contributed by atoms with Crippen molar-refractivity contribution in [1.29, 1.82) is 0 Å². The second-order valence-electron chi connectivity index (χ2n) is 4.40. The number of aryl methyl sites for hydroxylation is 1. The summed E-state index contributed by atoms with van der Waals surface area (Å²) in [6.07, 6.45) is 5.13. The Morgan fingerprint density at radius 3 is 2.62 bits per heavy atom. The van der Waals surface area contributed by atoms with E-state index in [4.69, 9.17) is 4.74 Å². The molecule has 0 saturated carbocycles. The second-order valence-corrected chi connectivity index (χ2v) is 5.39. The molecular weight excluding hydrogens is 264 g/mol. The van der Waals surface area contributed by atoms with Crippen molar-refractivity contribution in [3.05, 3.63) is 35.4 Å². The van der Waals surface area contributed by atoms with E-state index in [1.807, 2.05) is 0 Å². The fraction of sp³-hybridized carbons (Fsp3) is 0.571. The Labute approximate surface area is 106 Å². The monoisotopic (exact) mass is 282 g/mol. The second kappa shape index (κ2) is 5.83. The molecule has 1 aromatic carbocycles. The van der Waals surface area contributed by atoms with Gasteiger partial charge in [0.05, 0.1) is 10.9 Å². The molecular formula is C14H19BrO. The summed E-state index contributed by atoms with van der Waals surface area (Å²) in [5, 5.41) is 0. The van der Waals surface area contributed by atoms with Crippen LogP contribution in [0.4, 0.5) is 0 Å². The first-order chi connectivity index (χ1) is 7.81. The van der Waals surface area contributed by atoms with Crippen LogP contribution in [-0.2, 0) is 11.2 Å². The predicted molar refractivity (Wildman–Crippen MR) is 71.1 cm³/mol. The molecule has 1 nitrogen and oxygen atoms in total. The molecule has 1 saturated heterocycles. The van der Waals surface area contributed by atoms with Gasteiger partial charge in [-0.15, -0.1) is 0 Å². The van der Waals surface area contributed by atoms with Gasteiger partial charge in [-0.3, -0.25) is 0 Å². The summed E-state index contributed by atoms with van der Waals surface area (Å²) in [6, 6.07) is 8.87. The van der Waals surface area contributed by atoms with Crippen LogP contribution in [0.1, 0.15) is 42.1 Å². The fourth-order valence-electron chi connectivity index (χ4n) is 2.15. The van der Waals surface area contributed by atoms with E-state index in [0.717, 1.165) is 13.0 Å². The largest absolute Gasteiger partial charge is 0.377 e. The first-order valence-corrected chi connectivity index (χ1v) is 7.07. The average Bonchev–Trinajstić information content (AvgIpc) is 2.39. The molecule has 88 valence electrons. The van der Waals surface area contributed by atoms with Crippen LogP contribution in [0.25, 0.3) is 0 Å². The zero-order chi connectivity index (χ0) is 11.4. The van der Waals surface area contributed by atoms with E-state index < -0.39 is 0 Å². The SMILES string of the molecule is CCc1ccc(C(Br)C2CCCCO2)cc1. The molecule has 1 aromatic rings. The van der Waals surface area contributed by atoms with Gasteiger partial charge in [0.25, 0.3) is 0 Å². The van der Waals surface area contributed by atoms with Crippen molar-refractivity contribution in [2.24, 2.45) is 0 Å². The first kappa shape index (κ1) is 12.1. The highest BCUT2D eigenvalue weighted by Gasteiger charge is 2.23. The molecule has 2 heteroatoms. The third-order valence-corrected chi connectivity index (χ3v) is 4.37. The number of alkyl halides is 1. The van der Waals surface area contributed by atoms with Crippen molar-refractivity contribution >= 4 is 15.9 Å². The molecule has 0 aromatic heterocycles. The van der Waals surface area contributed by atoms with Crippen LogP contribution < -0.4 is 0 Å². The number of ether oxygens (including phenoxy) is 1. The molecule has 1 aliphatic heterocycles. The maximum atomic E-state index is 5.80. The molecule has 2 atom stereocenters. The molecule has 2 rings (SSSR count). The molecule has 0 spiro atoms. The molecule has 2 unspecified atom stereocenters. The zero-order valence-electron chi connectivity index (χ0n) is 9.79. The normalized spacial score (nSPS) is 23.0. The van der Waals surface area contributed by atoms with Crippen LogP contribution in [0.3, 0.4) is 0 Å². The summed E-state index contributed by atoms with van der Waals surface area (Å²) in [4.78, 5) is 0.346. The van der Waals surface area contributed by atoms with Crippen molar-refractivity contribution in [2.45, 2.75) is 43.5 Å². The summed E-state index contributed by atoms with van der Waals surface area (Å²) >= 11 is 3.77. The van der Waals surface area contributed by atoms with Crippen LogP contribution in [0.15, 0.2) is 24.3 Å². The van der Waals surface area contributed by atoms with Gasteiger partial charge in [-0.05, 0) is 36.8 Å². The minimum atomic E-state index is 0.346. The number of benzene rings is 1. The van der Waals surface area contributed by atoms with Gasteiger partial charge in [0.2, 0.25) is 0 Å². The van der Waals surface area contributed by atoms with Gasteiger partial charge in [-0.2, -0.15) is 0 Å². The maximum Gasteiger partial charge on any atom is 0.0740 e. The first-order valence-electron chi connectivity index (χ1n) is 6.15. The van der Waals surface area contributed by atoms with Crippen LogP contribution in [0.2, 0.25) is 0 Å². The van der Waals surface area contributed by atoms with E-state index in [9.17, 15) is 0 Å². The Morgan fingerprint density at radius 2 is 2.06 bits per heavy atom. The van der Waals surface area contributed by atoms with Crippen LogP contribution in [0.5, 0.6) is 0 Å². The van der Waals surface area contributed by atoms with Crippen LogP contribution >= 0.6 is 15.9 Å². The Morgan fingerprint density at radius 1 is 1.31 bits per heavy atom. The van der Waals surface area contributed by atoms with Gasteiger partial charge in [-0.25, -0.2) is 0 Å². The minimum absolute atomic E-state index is 0.346. The Hall–Kier alpha value is -0.340. The zero-order valence-corrected chi connectivity index (χ0v) is 11.4. The van der Waals surface area contributed by atoms with Crippen LogP contribution in [-0.4, -0.2) is 12.7 Å². The Bertz CT molecular complexity index is 314. The molecule has 0 radical (unpaired) electrons. The molecule has 0 amide bonds. The lowest BCUT2D eigenvalue weighted by Crippen LogP contribution is -2.23. The summed E-state index contributed by atoms with van der Waals surface area (Å²) in [5.41, 5.74) is 2.73. The molecule has 1 aliphatic rings. The summed E-state index contributed by atoms with van der Waals surface area (Å²) in [7, 11) is 0. The van der Waals surface area contributed by atoms with E-state index in [1.54, 1.807) is 0 Å². The molecule has 16 heavy (non-hydrogen) atoms. The van der Waals surface area contributed by atoms with Gasteiger partial charge in [-0.1, -0.05) is 47.1 Å². The van der Waals surface area contributed by atoms with E-state index in [-0.39, 0.29) is 0 Å². The van der Waals surface area contributed by atoms with Gasteiger partial charge >= 0.3 is 0 Å². The van der Waals surface area contributed by atoms with E-state index in [2.05, 4.69) is 47.1 Å². The van der Waals surface area contributed by atoms with Gasteiger partial charge in [0, 0.05) is 6.61 Å². The summed E-state index contributed by atoms with van der Waals surface area (Å²) < 4.78 is 5.80. The lowest BCUT2D eigenvalue weighted by molar-refractivity contribution is 0.0160. The highest BCUT2D eigenvalue weighted by molar-refractivity contribution is 9.09. The standard InChI is InChI=1S/C14H19BrO/c1-2-11-6-8-12(9-7-11)14(15)13-5-3-4-10-16-13/h6-9,13-14H,2-5,10H2,1H3. The fourth-order valence-corrected chi connectivity index (χ4v) is 2.87. The molecule has 0 aliphatic carbocycles. The highest BCUT2D eigenvalue weighted by Crippen LogP contribution is 2.33. The van der Waals surface area contributed by atoms with Crippen molar-refractivity contribution < 1.29 is 4.74 Å². The van der Waals surface area contributed by atoms with Crippen molar-refractivity contribution in [3.63, 3.8) is 0 Å². The van der Waals surface area contributed by atoms with E-state index in [0.29, 0.717) is 10.9 Å². The predicted octanol–water partition coefficient (Wildman–Crippen LogP) is 4.25. The molecule has 1 fully saturated rings. The lowest BCUT2D eigenvalue weighted by atomic mass is 10.00. The van der Waals surface area contributed by atoms with E-state index in [1.165, 1.54) is 30.4 Å². The third kappa shape index (κ3) is 2.86. The third-order valence-electron chi connectivity index (χ3n) is 3.25. The van der Waals surface area contributed by atoms with E-state index >= 15 is 0 Å². The molecule has 0 N–H and O–H groups in total. The van der Waals surface area contributed by atoms with Crippen molar-refractivity contribution in [2.75, 3.05) is 6.61 Å². The molecule has 0 bridgehead atoms. The minimum Gasteiger partial charge on any atom is -0.377 e. The highest BCUT2D eigenvalue weighted by atomic mass is 79.9. The maximum absolute atomic E-state index is 5.80.